The highest BCUT2D eigenvalue weighted by molar-refractivity contribution is 6.02. The van der Waals surface area contributed by atoms with Gasteiger partial charge in [0.25, 0.3) is 5.56 Å². The van der Waals surface area contributed by atoms with Crippen LogP contribution in [0.25, 0.3) is 22.5 Å². The highest BCUT2D eigenvalue weighted by Crippen LogP contribution is 2.28. The number of carbonyl (C=O) groups excluding carboxylic acids is 1. The molecule has 0 saturated heterocycles. The highest BCUT2D eigenvalue weighted by atomic mass is 16.4. The number of carbonyl (C=O) groups is 2. The second kappa shape index (κ2) is 9.29. The Labute approximate surface area is 194 Å². The molecule has 0 fully saturated rings. The van der Waals surface area contributed by atoms with Crippen LogP contribution in [0, 0.1) is 0 Å². The molecule has 0 atom stereocenters. The minimum absolute atomic E-state index is 0.0266. The number of nitrogens with zero attached hydrogens (tertiary/aromatic N) is 2. The quantitative estimate of drug-likeness (QED) is 0.356. The van der Waals surface area contributed by atoms with Gasteiger partial charge in [-0.1, -0.05) is 60.7 Å². The van der Waals surface area contributed by atoms with E-state index in [1.807, 2.05) is 48.5 Å². The maximum Gasteiger partial charge on any atom is 0.358 e. The maximum atomic E-state index is 12.7. The average Bonchev–Trinajstić information content (AvgIpc) is 2.83. The summed E-state index contributed by atoms with van der Waals surface area (Å²) < 4.78 is 1.04. The fraction of sp³-hybridized carbons (Fsp3) is 0.0400. The van der Waals surface area contributed by atoms with Crippen LogP contribution in [0.3, 0.4) is 0 Å². The Morgan fingerprint density at radius 2 is 1.56 bits per heavy atom. The van der Waals surface area contributed by atoms with Crippen molar-refractivity contribution >= 4 is 23.4 Å². The molecular weight excluding hydrogens is 436 g/mol. The summed E-state index contributed by atoms with van der Waals surface area (Å²) in [5.74, 6) is -2.44. The number of hydrogen-bond donors (Lipinski definition) is 4. The molecule has 0 spiro atoms. The molecule has 0 radical (unpaired) electrons. The molecular formula is C25H20N4O5. The Balaban J connectivity index is 1.60. The zero-order valence-electron chi connectivity index (χ0n) is 18.0. The summed E-state index contributed by atoms with van der Waals surface area (Å²) in [6.45, 7) is 0. The molecule has 3 aromatic carbocycles. The lowest BCUT2D eigenvalue weighted by atomic mass is 10.0. The van der Waals surface area contributed by atoms with Gasteiger partial charge >= 0.3 is 12.0 Å². The summed E-state index contributed by atoms with van der Waals surface area (Å²) in [7, 11) is 1.36. The van der Waals surface area contributed by atoms with Crippen LogP contribution in [0.4, 0.5) is 16.2 Å². The summed E-state index contributed by atoms with van der Waals surface area (Å²) in [6.07, 6.45) is 0. The van der Waals surface area contributed by atoms with Crippen molar-refractivity contribution in [2.75, 3.05) is 10.6 Å². The topological polar surface area (TPSA) is 134 Å². The van der Waals surface area contributed by atoms with Gasteiger partial charge in [0.1, 0.15) is 5.82 Å². The molecule has 4 rings (SSSR count). The van der Waals surface area contributed by atoms with E-state index in [-0.39, 0.29) is 5.82 Å². The molecule has 170 valence electrons. The first-order valence-electron chi connectivity index (χ1n) is 10.2. The standard InChI is InChI=1S/C25H20N4O5/c1-29-22(28-20(24(32)33)21(30)23(29)31)16-10-7-11-17(14-16)26-25(34)27-19-13-6-5-12-18(19)15-8-3-2-4-9-15/h2-14,30H,1H3,(H,32,33)(H2,26,27,34). The van der Waals surface area contributed by atoms with Gasteiger partial charge in [0.05, 0.1) is 5.69 Å². The lowest BCUT2D eigenvalue weighted by Crippen LogP contribution is -2.23. The lowest BCUT2D eigenvalue weighted by Gasteiger charge is -2.13. The third-order valence-electron chi connectivity index (χ3n) is 5.11. The fourth-order valence-electron chi connectivity index (χ4n) is 3.48. The number of rotatable bonds is 5. The number of aromatic carboxylic acids is 1. The predicted octanol–water partition coefficient (Wildman–Crippen LogP) is 4.16. The van der Waals surface area contributed by atoms with Crippen molar-refractivity contribution in [2.24, 2.45) is 7.05 Å². The van der Waals surface area contributed by atoms with Gasteiger partial charge in [0.15, 0.2) is 5.69 Å². The normalized spacial score (nSPS) is 10.5. The van der Waals surface area contributed by atoms with Gasteiger partial charge in [0.2, 0.25) is 5.75 Å². The van der Waals surface area contributed by atoms with Crippen LogP contribution in [0.2, 0.25) is 0 Å². The van der Waals surface area contributed by atoms with Gasteiger partial charge in [-0.25, -0.2) is 14.6 Å². The minimum Gasteiger partial charge on any atom is -0.501 e. The smallest absolute Gasteiger partial charge is 0.358 e. The van der Waals surface area contributed by atoms with Crippen molar-refractivity contribution in [1.29, 1.82) is 0 Å². The third-order valence-corrected chi connectivity index (χ3v) is 5.11. The number of anilines is 2. The number of carboxylic acids is 1. The summed E-state index contributed by atoms with van der Waals surface area (Å²) in [6, 6.07) is 23.0. The average molecular weight is 456 g/mol. The van der Waals surface area contributed by atoms with Crippen molar-refractivity contribution in [2.45, 2.75) is 0 Å². The van der Waals surface area contributed by atoms with E-state index in [1.54, 1.807) is 30.3 Å². The van der Waals surface area contributed by atoms with Crippen molar-refractivity contribution in [3.8, 4) is 28.3 Å². The molecule has 4 aromatic rings. The number of carboxylic acid groups (broad SMARTS) is 1. The van der Waals surface area contributed by atoms with Crippen molar-refractivity contribution in [1.82, 2.24) is 9.55 Å². The molecule has 0 unspecified atom stereocenters. The van der Waals surface area contributed by atoms with E-state index in [0.717, 1.165) is 15.7 Å². The van der Waals surface area contributed by atoms with Crippen LogP contribution in [0.5, 0.6) is 5.75 Å². The molecule has 0 saturated carbocycles. The van der Waals surface area contributed by atoms with Crippen LogP contribution in [-0.4, -0.2) is 31.8 Å². The van der Waals surface area contributed by atoms with E-state index in [0.29, 0.717) is 16.9 Å². The van der Waals surface area contributed by atoms with E-state index in [9.17, 15) is 24.6 Å². The molecule has 9 heteroatoms. The number of hydrogen-bond acceptors (Lipinski definition) is 5. The van der Waals surface area contributed by atoms with Crippen LogP contribution in [0.15, 0.2) is 83.7 Å². The number of para-hydroxylation sites is 1. The van der Waals surface area contributed by atoms with Gasteiger partial charge < -0.3 is 20.8 Å². The van der Waals surface area contributed by atoms with E-state index < -0.39 is 29.0 Å². The predicted molar refractivity (Wildman–Crippen MR) is 128 cm³/mol. The fourth-order valence-corrected chi connectivity index (χ4v) is 3.48. The Bertz CT molecular complexity index is 1450. The van der Waals surface area contributed by atoms with Gasteiger partial charge in [-0.05, 0) is 23.8 Å². The van der Waals surface area contributed by atoms with Crippen molar-refractivity contribution in [3.05, 3.63) is 94.9 Å². The zero-order chi connectivity index (χ0) is 24.2. The van der Waals surface area contributed by atoms with Gasteiger partial charge in [-0.2, -0.15) is 0 Å². The minimum atomic E-state index is -1.53. The SMILES string of the molecule is Cn1c(-c2cccc(NC(=O)Nc3ccccc3-c3ccccc3)c2)nc(C(=O)O)c(O)c1=O. The first-order valence-corrected chi connectivity index (χ1v) is 10.2. The molecule has 1 aromatic heterocycles. The number of aromatic hydroxyl groups is 1. The molecule has 4 N–H and O–H groups in total. The molecule has 0 bridgehead atoms. The Morgan fingerprint density at radius 3 is 2.29 bits per heavy atom. The molecule has 0 aliphatic rings. The number of benzene rings is 3. The summed E-state index contributed by atoms with van der Waals surface area (Å²) in [5, 5.41) is 24.6. The van der Waals surface area contributed by atoms with E-state index in [4.69, 9.17) is 0 Å². The summed E-state index contributed by atoms with van der Waals surface area (Å²) in [4.78, 5) is 40.2. The third kappa shape index (κ3) is 4.49. The lowest BCUT2D eigenvalue weighted by molar-refractivity contribution is 0.0686. The second-order valence-corrected chi connectivity index (χ2v) is 7.37. The second-order valence-electron chi connectivity index (χ2n) is 7.37. The molecule has 9 nitrogen and oxygen atoms in total. The summed E-state index contributed by atoms with van der Waals surface area (Å²) >= 11 is 0. The van der Waals surface area contributed by atoms with Crippen LogP contribution in [-0.2, 0) is 7.05 Å². The molecule has 2 amide bonds. The zero-order valence-corrected chi connectivity index (χ0v) is 18.0. The number of aromatic nitrogens is 2. The number of urea groups is 1. The van der Waals surface area contributed by atoms with E-state index in [1.165, 1.54) is 7.05 Å². The van der Waals surface area contributed by atoms with Gasteiger partial charge in [0, 0.05) is 23.9 Å². The largest absolute Gasteiger partial charge is 0.501 e. The first kappa shape index (κ1) is 22.3. The Hall–Kier alpha value is -4.92. The Morgan fingerprint density at radius 1 is 0.882 bits per heavy atom. The maximum absolute atomic E-state index is 12.7. The van der Waals surface area contributed by atoms with Gasteiger partial charge in [-0.3, -0.25) is 9.36 Å². The monoisotopic (exact) mass is 456 g/mol. The summed E-state index contributed by atoms with van der Waals surface area (Å²) in [5.41, 5.74) is 1.57. The van der Waals surface area contributed by atoms with Gasteiger partial charge in [-0.15, -0.1) is 0 Å². The van der Waals surface area contributed by atoms with Crippen molar-refractivity contribution in [3.63, 3.8) is 0 Å². The number of amides is 2. The van der Waals surface area contributed by atoms with Crippen LogP contribution >= 0.6 is 0 Å². The van der Waals surface area contributed by atoms with Crippen LogP contribution in [0.1, 0.15) is 10.5 Å². The first-order chi connectivity index (χ1) is 16.3. The Kier molecular flexibility index (Phi) is 6.09. The molecule has 0 aliphatic carbocycles. The van der Waals surface area contributed by atoms with Crippen molar-refractivity contribution < 1.29 is 19.8 Å². The molecule has 1 heterocycles. The van der Waals surface area contributed by atoms with E-state index in [2.05, 4.69) is 15.6 Å². The molecule has 34 heavy (non-hydrogen) atoms. The number of nitrogens with one attached hydrogen (secondary N) is 2. The highest BCUT2D eigenvalue weighted by Gasteiger charge is 2.20. The van der Waals surface area contributed by atoms with Crippen LogP contribution < -0.4 is 16.2 Å². The van der Waals surface area contributed by atoms with E-state index >= 15 is 0 Å². The molecule has 0 aliphatic heterocycles.